The number of hydrogen-bond acceptors (Lipinski definition) is 2. The Hall–Kier alpha value is -1.87. The van der Waals surface area contributed by atoms with Crippen LogP contribution in [0.4, 0.5) is 0 Å². The molecule has 0 fully saturated rings. The van der Waals surface area contributed by atoms with Crippen LogP contribution in [-0.2, 0) is 6.42 Å². The van der Waals surface area contributed by atoms with Crippen molar-refractivity contribution in [3.05, 3.63) is 60.2 Å². The minimum absolute atomic E-state index is 0.786. The van der Waals surface area contributed by atoms with E-state index in [4.69, 9.17) is 17.0 Å². The molecule has 0 heterocycles. The Morgan fingerprint density at radius 3 is 2.11 bits per heavy atom. The van der Waals surface area contributed by atoms with Crippen molar-refractivity contribution < 1.29 is 4.74 Å². The van der Waals surface area contributed by atoms with Crippen LogP contribution in [0.5, 0.6) is 11.5 Å². The fourth-order valence-corrected chi connectivity index (χ4v) is 1.80. The molecular weight excluding hydrogens is 254 g/mol. The molecule has 0 atom stereocenters. The SMILES string of the molecule is CN(C)C(=S)Cc1ccc(Oc2ccccc2)cc1. The first-order chi connectivity index (χ1) is 9.15. The van der Waals surface area contributed by atoms with Gasteiger partial charge in [-0.25, -0.2) is 0 Å². The summed E-state index contributed by atoms with van der Waals surface area (Å²) in [6.45, 7) is 0. The lowest BCUT2D eigenvalue weighted by Gasteiger charge is -2.13. The van der Waals surface area contributed by atoms with E-state index in [9.17, 15) is 0 Å². The lowest BCUT2D eigenvalue weighted by molar-refractivity contribution is 0.482. The van der Waals surface area contributed by atoms with Gasteiger partial charge in [-0.3, -0.25) is 0 Å². The van der Waals surface area contributed by atoms with E-state index in [1.807, 2.05) is 73.6 Å². The standard InChI is InChI=1S/C16H17NOS/c1-17(2)16(19)12-13-8-10-15(11-9-13)18-14-6-4-3-5-7-14/h3-11H,12H2,1-2H3. The zero-order valence-corrected chi connectivity index (χ0v) is 12.0. The van der Waals surface area contributed by atoms with E-state index in [2.05, 4.69) is 0 Å². The minimum atomic E-state index is 0.786. The lowest BCUT2D eigenvalue weighted by atomic mass is 10.1. The highest BCUT2D eigenvalue weighted by Crippen LogP contribution is 2.21. The van der Waals surface area contributed by atoms with Crippen molar-refractivity contribution in [1.29, 1.82) is 0 Å². The number of hydrogen-bond donors (Lipinski definition) is 0. The van der Waals surface area contributed by atoms with Crippen molar-refractivity contribution in [1.82, 2.24) is 4.90 Å². The topological polar surface area (TPSA) is 12.5 Å². The third-order valence-corrected chi connectivity index (χ3v) is 3.27. The van der Waals surface area contributed by atoms with Crippen molar-refractivity contribution >= 4 is 17.2 Å². The van der Waals surface area contributed by atoms with Gasteiger partial charge >= 0.3 is 0 Å². The Balaban J connectivity index is 2.01. The van der Waals surface area contributed by atoms with Crippen LogP contribution in [0.2, 0.25) is 0 Å². The predicted molar refractivity (Wildman–Crippen MR) is 82.9 cm³/mol. The third kappa shape index (κ3) is 4.07. The van der Waals surface area contributed by atoms with Gasteiger partial charge in [0.2, 0.25) is 0 Å². The molecule has 0 aliphatic rings. The van der Waals surface area contributed by atoms with E-state index in [0.29, 0.717) is 0 Å². The Labute approximate surface area is 119 Å². The summed E-state index contributed by atoms with van der Waals surface area (Å²) < 4.78 is 5.74. The average Bonchev–Trinajstić information content (AvgIpc) is 2.42. The molecule has 19 heavy (non-hydrogen) atoms. The molecule has 3 heteroatoms. The number of para-hydroxylation sites is 1. The van der Waals surface area contributed by atoms with Crippen LogP contribution in [0.25, 0.3) is 0 Å². The van der Waals surface area contributed by atoms with Gasteiger partial charge in [0, 0.05) is 20.5 Å². The predicted octanol–water partition coefficient (Wildman–Crippen LogP) is 3.91. The van der Waals surface area contributed by atoms with Gasteiger partial charge in [-0.05, 0) is 29.8 Å². The molecule has 0 aliphatic carbocycles. The highest BCUT2D eigenvalue weighted by atomic mass is 32.1. The Kier molecular flexibility index (Phi) is 4.53. The Morgan fingerprint density at radius 1 is 0.947 bits per heavy atom. The molecule has 0 saturated carbocycles. The smallest absolute Gasteiger partial charge is 0.127 e. The van der Waals surface area contributed by atoms with E-state index >= 15 is 0 Å². The quantitative estimate of drug-likeness (QED) is 0.782. The minimum Gasteiger partial charge on any atom is -0.457 e. The summed E-state index contributed by atoms with van der Waals surface area (Å²) in [5.41, 5.74) is 1.19. The highest BCUT2D eigenvalue weighted by Gasteiger charge is 2.02. The van der Waals surface area contributed by atoms with E-state index in [-0.39, 0.29) is 0 Å². The first kappa shape index (κ1) is 13.6. The van der Waals surface area contributed by atoms with Crippen molar-refractivity contribution in [3.8, 4) is 11.5 Å². The number of ether oxygens (including phenoxy) is 1. The molecule has 0 aromatic heterocycles. The summed E-state index contributed by atoms with van der Waals surface area (Å²) in [5, 5.41) is 0. The van der Waals surface area contributed by atoms with Crippen LogP contribution >= 0.6 is 12.2 Å². The molecule has 2 nitrogen and oxygen atoms in total. The second kappa shape index (κ2) is 6.34. The summed E-state index contributed by atoms with van der Waals surface area (Å²) in [6, 6.07) is 17.8. The molecule has 0 amide bonds. The fourth-order valence-electron chi connectivity index (χ4n) is 1.63. The van der Waals surface area contributed by atoms with E-state index in [0.717, 1.165) is 22.9 Å². The molecule has 2 rings (SSSR count). The molecule has 0 N–H and O–H groups in total. The Bertz CT molecular complexity index is 534. The first-order valence-electron chi connectivity index (χ1n) is 6.17. The summed E-state index contributed by atoms with van der Waals surface area (Å²) in [6.07, 6.45) is 0.786. The lowest BCUT2D eigenvalue weighted by Crippen LogP contribution is -2.21. The molecule has 0 bridgehead atoms. The van der Waals surface area contributed by atoms with Crippen molar-refractivity contribution in [2.45, 2.75) is 6.42 Å². The van der Waals surface area contributed by atoms with Gasteiger partial charge in [0.05, 0.1) is 4.99 Å². The summed E-state index contributed by atoms with van der Waals surface area (Å²) in [7, 11) is 3.93. The second-order valence-electron chi connectivity index (χ2n) is 4.52. The van der Waals surface area contributed by atoms with Crippen molar-refractivity contribution in [2.75, 3.05) is 14.1 Å². The molecule has 0 saturated heterocycles. The number of rotatable bonds is 4. The molecule has 0 radical (unpaired) electrons. The third-order valence-electron chi connectivity index (χ3n) is 2.76. The number of nitrogens with zero attached hydrogens (tertiary/aromatic N) is 1. The summed E-state index contributed by atoms with van der Waals surface area (Å²) in [4.78, 5) is 2.89. The van der Waals surface area contributed by atoms with Crippen LogP contribution < -0.4 is 4.74 Å². The molecule has 2 aromatic carbocycles. The molecule has 0 spiro atoms. The average molecular weight is 271 g/mol. The zero-order chi connectivity index (χ0) is 13.7. The maximum absolute atomic E-state index is 5.74. The van der Waals surface area contributed by atoms with Gasteiger partial charge in [-0.2, -0.15) is 0 Å². The molecule has 2 aromatic rings. The van der Waals surface area contributed by atoms with E-state index in [1.54, 1.807) is 0 Å². The van der Waals surface area contributed by atoms with E-state index in [1.165, 1.54) is 5.56 Å². The van der Waals surface area contributed by atoms with Crippen molar-refractivity contribution in [3.63, 3.8) is 0 Å². The monoisotopic (exact) mass is 271 g/mol. The van der Waals surface area contributed by atoms with Gasteiger partial charge in [-0.1, -0.05) is 42.5 Å². The zero-order valence-electron chi connectivity index (χ0n) is 11.2. The maximum atomic E-state index is 5.74. The van der Waals surface area contributed by atoms with E-state index < -0.39 is 0 Å². The molecule has 98 valence electrons. The molecule has 0 unspecified atom stereocenters. The normalized spacial score (nSPS) is 10.0. The first-order valence-corrected chi connectivity index (χ1v) is 6.58. The number of likely N-dealkylation sites (N-methyl/N-ethyl adjacent to an activating group) is 1. The number of thiocarbonyl (C=S) groups is 1. The van der Waals surface area contributed by atoms with Gasteiger partial charge < -0.3 is 9.64 Å². The van der Waals surface area contributed by atoms with Gasteiger partial charge in [0.1, 0.15) is 11.5 Å². The van der Waals surface area contributed by atoms with Crippen LogP contribution in [0.3, 0.4) is 0 Å². The molecular formula is C16H17NOS. The van der Waals surface area contributed by atoms with Crippen LogP contribution in [0.1, 0.15) is 5.56 Å². The molecule has 0 aliphatic heterocycles. The largest absolute Gasteiger partial charge is 0.457 e. The summed E-state index contributed by atoms with van der Waals surface area (Å²) in [5.74, 6) is 1.68. The van der Waals surface area contributed by atoms with Crippen molar-refractivity contribution in [2.24, 2.45) is 0 Å². The van der Waals surface area contributed by atoms with Crippen LogP contribution in [0, 0.1) is 0 Å². The van der Waals surface area contributed by atoms with Gasteiger partial charge in [0.15, 0.2) is 0 Å². The van der Waals surface area contributed by atoms with Crippen LogP contribution in [-0.4, -0.2) is 24.0 Å². The second-order valence-corrected chi connectivity index (χ2v) is 5.00. The van der Waals surface area contributed by atoms with Gasteiger partial charge in [0.25, 0.3) is 0 Å². The fraction of sp³-hybridized carbons (Fsp3) is 0.188. The maximum Gasteiger partial charge on any atom is 0.127 e. The summed E-state index contributed by atoms with van der Waals surface area (Å²) >= 11 is 5.29. The highest BCUT2D eigenvalue weighted by molar-refractivity contribution is 7.80. The van der Waals surface area contributed by atoms with Gasteiger partial charge in [-0.15, -0.1) is 0 Å². The number of benzene rings is 2. The Morgan fingerprint density at radius 2 is 1.53 bits per heavy atom. The van der Waals surface area contributed by atoms with Crippen LogP contribution in [0.15, 0.2) is 54.6 Å².